The zero-order chi connectivity index (χ0) is 22.3. The van der Waals surface area contributed by atoms with Crippen LogP contribution in [0.25, 0.3) is 0 Å². The van der Waals surface area contributed by atoms with E-state index in [-0.39, 0.29) is 11.9 Å². The summed E-state index contributed by atoms with van der Waals surface area (Å²) in [6, 6.07) is 12.8. The van der Waals surface area contributed by atoms with E-state index in [9.17, 15) is 12.8 Å². The maximum atomic E-state index is 13.0. The van der Waals surface area contributed by atoms with Crippen LogP contribution in [0.2, 0.25) is 0 Å². The Bertz CT molecular complexity index is 973. The molecule has 1 unspecified atom stereocenters. The second kappa shape index (κ2) is 10.6. The van der Waals surface area contributed by atoms with Crippen LogP contribution < -0.4 is 15.4 Å². The number of nitrogens with one attached hydrogen (secondary N) is 2. The zero-order valence-corrected chi connectivity index (χ0v) is 18.7. The van der Waals surface area contributed by atoms with Crippen LogP contribution in [0.3, 0.4) is 0 Å². The van der Waals surface area contributed by atoms with Crippen molar-refractivity contribution in [2.45, 2.75) is 37.3 Å². The first-order valence-electron chi connectivity index (χ1n) is 10.3. The van der Waals surface area contributed by atoms with Gasteiger partial charge in [-0.15, -0.1) is 0 Å². The third kappa shape index (κ3) is 6.41. The number of aliphatic imine (C=N–C) groups is 1. The summed E-state index contributed by atoms with van der Waals surface area (Å²) in [6.07, 6.45) is 1.68. The molecule has 3 rings (SSSR count). The van der Waals surface area contributed by atoms with Gasteiger partial charge < -0.3 is 15.4 Å². The van der Waals surface area contributed by atoms with Crippen molar-refractivity contribution >= 4 is 16.0 Å². The summed E-state index contributed by atoms with van der Waals surface area (Å²) >= 11 is 0. The van der Waals surface area contributed by atoms with Crippen molar-refractivity contribution in [2.24, 2.45) is 4.99 Å². The number of benzene rings is 2. The first-order valence-corrected chi connectivity index (χ1v) is 11.8. The molecule has 1 saturated heterocycles. The van der Waals surface area contributed by atoms with Gasteiger partial charge in [0.15, 0.2) is 5.96 Å². The number of hydrogen-bond donors (Lipinski definition) is 2. The van der Waals surface area contributed by atoms with Crippen LogP contribution in [-0.4, -0.2) is 51.5 Å². The third-order valence-corrected chi connectivity index (χ3v) is 6.93. The first kappa shape index (κ1) is 23.0. The fourth-order valence-corrected chi connectivity index (χ4v) is 4.81. The molecule has 168 valence electrons. The number of halogens is 1. The molecule has 0 aliphatic carbocycles. The molecule has 0 amide bonds. The summed E-state index contributed by atoms with van der Waals surface area (Å²) in [7, 11) is -1.72. The van der Waals surface area contributed by atoms with Gasteiger partial charge in [-0.05, 0) is 61.7 Å². The van der Waals surface area contributed by atoms with Crippen LogP contribution in [0.1, 0.15) is 25.3 Å². The number of sulfonamides is 1. The molecule has 0 bridgehead atoms. The molecule has 1 heterocycles. The molecule has 0 radical (unpaired) electrons. The van der Waals surface area contributed by atoms with Gasteiger partial charge >= 0.3 is 0 Å². The summed E-state index contributed by atoms with van der Waals surface area (Å²) < 4.78 is 45.5. The minimum Gasteiger partial charge on any atom is -0.489 e. The quantitative estimate of drug-likeness (QED) is 0.479. The van der Waals surface area contributed by atoms with Crippen LogP contribution in [0.4, 0.5) is 4.39 Å². The predicted octanol–water partition coefficient (Wildman–Crippen LogP) is 2.74. The minimum absolute atomic E-state index is 0.154. The molecule has 1 aliphatic heterocycles. The molecule has 9 heteroatoms. The second-order valence-corrected chi connectivity index (χ2v) is 9.38. The maximum absolute atomic E-state index is 13.0. The highest BCUT2D eigenvalue weighted by Gasteiger charge is 2.26. The Kier molecular flexibility index (Phi) is 7.86. The highest BCUT2D eigenvalue weighted by atomic mass is 32.2. The topological polar surface area (TPSA) is 83.0 Å². The lowest BCUT2D eigenvalue weighted by Crippen LogP contribution is -2.41. The smallest absolute Gasteiger partial charge is 0.243 e. The molecule has 0 spiro atoms. The SMILES string of the molecule is CN=C(NCc1ccc(S(=O)(=O)N2CCCC2)cc1)NCC(C)Oc1ccc(F)cc1. The Labute approximate surface area is 183 Å². The van der Waals surface area contributed by atoms with Crippen LogP contribution >= 0.6 is 0 Å². The summed E-state index contributed by atoms with van der Waals surface area (Å²) in [4.78, 5) is 4.52. The molecule has 7 nitrogen and oxygen atoms in total. The normalized spacial score (nSPS) is 16.2. The van der Waals surface area contributed by atoms with E-state index in [0.717, 1.165) is 18.4 Å². The molecule has 31 heavy (non-hydrogen) atoms. The van der Waals surface area contributed by atoms with Gasteiger partial charge in [0, 0.05) is 26.7 Å². The molecule has 1 aliphatic rings. The van der Waals surface area contributed by atoms with Gasteiger partial charge in [-0.1, -0.05) is 12.1 Å². The summed E-state index contributed by atoms with van der Waals surface area (Å²) in [5, 5.41) is 6.38. The van der Waals surface area contributed by atoms with E-state index in [1.807, 2.05) is 19.1 Å². The van der Waals surface area contributed by atoms with Crippen LogP contribution in [0, 0.1) is 5.82 Å². The van der Waals surface area contributed by atoms with Crippen molar-refractivity contribution in [3.8, 4) is 5.75 Å². The Morgan fingerprint density at radius 3 is 2.35 bits per heavy atom. The van der Waals surface area contributed by atoms with E-state index < -0.39 is 10.0 Å². The molecule has 0 aromatic heterocycles. The number of nitrogens with zero attached hydrogens (tertiary/aromatic N) is 2. The fraction of sp³-hybridized carbons (Fsp3) is 0.409. The van der Waals surface area contributed by atoms with Gasteiger partial charge in [-0.2, -0.15) is 4.31 Å². The number of rotatable bonds is 8. The molecular weight excluding hydrogens is 419 g/mol. The predicted molar refractivity (Wildman–Crippen MR) is 119 cm³/mol. The van der Waals surface area contributed by atoms with Gasteiger partial charge in [0.25, 0.3) is 0 Å². The fourth-order valence-electron chi connectivity index (χ4n) is 3.29. The van der Waals surface area contributed by atoms with Crippen LogP contribution in [0.5, 0.6) is 5.75 Å². The lowest BCUT2D eigenvalue weighted by molar-refractivity contribution is 0.223. The van der Waals surface area contributed by atoms with E-state index in [2.05, 4.69) is 15.6 Å². The van der Waals surface area contributed by atoms with Gasteiger partial charge in [-0.25, -0.2) is 12.8 Å². The van der Waals surface area contributed by atoms with Crippen molar-refractivity contribution in [2.75, 3.05) is 26.7 Å². The van der Waals surface area contributed by atoms with Crippen molar-refractivity contribution in [1.82, 2.24) is 14.9 Å². The van der Waals surface area contributed by atoms with Crippen LogP contribution in [0.15, 0.2) is 58.4 Å². The molecule has 1 atom stereocenters. The molecule has 0 saturated carbocycles. The van der Waals surface area contributed by atoms with Gasteiger partial charge in [0.1, 0.15) is 17.7 Å². The standard InChI is InChI=1S/C22H29FN4O3S/c1-17(30-20-9-7-19(23)8-10-20)15-25-22(24-2)26-16-18-5-11-21(12-6-18)31(28,29)27-13-3-4-14-27/h5-12,17H,3-4,13-16H2,1-2H3,(H2,24,25,26). The molecule has 2 aromatic carbocycles. The van der Waals surface area contributed by atoms with Gasteiger partial charge in [-0.3, -0.25) is 4.99 Å². The summed E-state index contributed by atoms with van der Waals surface area (Å²) in [6.45, 7) is 4.10. The highest BCUT2D eigenvalue weighted by molar-refractivity contribution is 7.89. The molecule has 1 fully saturated rings. The van der Waals surface area contributed by atoms with Gasteiger partial charge in [0.05, 0.1) is 11.4 Å². The minimum atomic E-state index is -3.40. The van der Waals surface area contributed by atoms with E-state index in [1.165, 1.54) is 12.1 Å². The van der Waals surface area contributed by atoms with E-state index in [4.69, 9.17) is 4.74 Å². The number of hydrogen-bond acceptors (Lipinski definition) is 4. The lowest BCUT2D eigenvalue weighted by atomic mass is 10.2. The van der Waals surface area contributed by atoms with E-state index in [1.54, 1.807) is 35.6 Å². The van der Waals surface area contributed by atoms with E-state index in [0.29, 0.717) is 42.8 Å². The molecule has 2 N–H and O–H groups in total. The maximum Gasteiger partial charge on any atom is 0.243 e. The average molecular weight is 449 g/mol. The van der Waals surface area contributed by atoms with Crippen molar-refractivity contribution in [3.05, 3.63) is 59.9 Å². The average Bonchev–Trinajstić information content (AvgIpc) is 3.32. The second-order valence-electron chi connectivity index (χ2n) is 7.44. The van der Waals surface area contributed by atoms with E-state index >= 15 is 0 Å². The van der Waals surface area contributed by atoms with Crippen molar-refractivity contribution < 1.29 is 17.5 Å². The summed E-state index contributed by atoms with van der Waals surface area (Å²) in [5.74, 6) is 0.898. The Morgan fingerprint density at radius 1 is 1.10 bits per heavy atom. The first-order chi connectivity index (χ1) is 14.9. The monoisotopic (exact) mass is 448 g/mol. The number of guanidine groups is 1. The largest absolute Gasteiger partial charge is 0.489 e. The number of ether oxygens (including phenoxy) is 1. The van der Waals surface area contributed by atoms with Gasteiger partial charge in [0.2, 0.25) is 10.0 Å². The lowest BCUT2D eigenvalue weighted by Gasteiger charge is -2.18. The zero-order valence-electron chi connectivity index (χ0n) is 17.8. The highest BCUT2D eigenvalue weighted by Crippen LogP contribution is 2.21. The Morgan fingerprint density at radius 2 is 1.74 bits per heavy atom. The molecular formula is C22H29FN4O3S. The van der Waals surface area contributed by atoms with Crippen molar-refractivity contribution in [3.63, 3.8) is 0 Å². The van der Waals surface area contributed by atoms with Crippen LogP contribution in [-0.2, 0) is 16.6 Å². The Balaban J connectivity index is 1.47. The van der Waals surface area contributed by atoms with Crippen molar-refractivity contribution in [1.29, 1.82) is 0 Å². The Hall–Kier alpha value is -2.65. The summed E-state index contributed by atoms with van der Waals surface area (Å²) in [5.41, 5.74) is 0.943. The third-order valence-electron chi connectivity index (χ3n) is 5.02. The molecule has 2 aromatic rings.